The van der Waals surface area contributed by atoms with Crippen molar-refractivity contribution in [3.05, 3.63) is 24.0 Å². The summed E-state index contributed by atoms with van der Waals surface area (Å²) in [6, 6.07) is 4.57. The van der Waals surface area contributed by atoms with Crippen molar-refractivity contribution >= 4 is 0 Å². The lowest BCUT2D eigenvalue weighted by Gasteiger charge is -2.63. The van der Waals surface area contributed by atoms with E-state index in [2.05, 4.69) is 29.5 Å². The average Bonchev–Trinajstić information content (AvgIpc) is 2.79. The van der Waals surface area contributed by atoms with E-state index in [4.69, 9.17) is 5.84 Å². The minimum Gasteiger partial charge on any atom is -0.364 e. The molecule has 1 heterocycles. The number of hydrazine groups is 1. The molecule has 4 saturated carbocycles. The van der Waals surface area contributed by atoms with Gasteiger partial charge in [0.15, 0.2) is 0 Å². The topological polar surface area (TPSA) is 53.8 Å². The van der Waals surface area contributed by atoms with Gasteiger partial charge in [-0.15, -0.1) is 0 Å². The van der Waals surface area contributed by atoms with Crippen LogP contribution in [0.1, 0.15) is 57.2 Å². The van der Waals surface area contributed by atoms with Gasteiger partial charge in [-0.25, -0.2) is 0 Å². The molecular weight excluding hydrogens is 234 g/mol. The van der Waals surface area contributed by atoms with Gasteiger partial charge >= 0.3 is 0 Å². The lowest BCUT2D eigenvalue weighted by atomic mass is 9.43. The van der Waals surface area contributed by atoms with Gasteiger partial charge < -0.3 is 4.98 Å². The van der Waals surface area contributed by atoms with E-state index in [-0.39, 0.29) is 0 Å². The van der Waals surface area contributed by atoms with Gasteiger partial charge in [0, 0.05) is 11.9 Å². The number of H-pyrrole nitrogens is 1. The summed E-state index contributed by atoms with van der Waals surface area (Å²) < 4.78 is 0. The number of hydrogen-bond donors (Lipinski definition) is 3. The van der Waals surface area contributed by atoms with Gasteiger partial charge in [0.05, 0.1) is 6.04 Å². The maximum Gasteiger partial charge on any atom is 0.0666 e. The molecule has 0 amide bonds. The summed E-state index contributed by atoms with van der Waals surface area (Å²) in [5.41, 5.74) is 5.38. The molecule has 1 aromatic heterocycles. The van der Waals surface area contributed by atoms with Crippen molar-refractivity contribution in [2.45, 2.75) is 51.5 Å². The summed E-state index contributed by atoms with van der Waals surface area (Å²) >= 11 is 0. The molecule has 0 aromatic carbocycles. The SMILES string of the molecule is CC12CC3CC(C1)CC(C(NN)c1ccc[nH]1)(C3)C2. The van der Waals surface area contributed by atoms with Crippen LogP contribution in [0.4, 0.5) is 0 Å². The number of aromatic nitrogens is 1. The van der Waals surface area contributed by atoms with Crippen molar-refractivity contribution in [1.29, 1.82) is 0 Å². The van der Waals surface area contributed by atoms with Crippen LogP contribution in [0.3, 0.4) is 0 Å². The molecule has 3 unspecified atom stereocenters. The summed E-state index contributed by atoms with van der Waals surface area (Å²) in [6.45, 7) is 2.52. The molecule has 104 valence electrons. The molecule has 4 bridgehead atoms. The molecule has 1 aromatic rings. The van der Waals surface area contributed by atoms with Crippen LogP contribution in [-0.4, -0.2) is 4.98 Å². The zero-order valence-corrected chi connectivity index (χ0v) is 11.8. The lowest BCUT2D eigenvalue weighted by Crippen LogP contribution is -2.56. The zero-order valence-electron chi connectivity index (χ0n) is 11.8. The molecule has 4 aliphatic rings. The third-order valence-electron chi connectivity index (χ3n) is 6.11. The summed E-state index contributed by atoms with van der Waals surface area (Å²) in [5, 5.41) is 0. The minimum absolute atomic E-state index is 0.299. The highest BCUT2D eigenvalue weighted by Crippen LogP contribution is 2.68. The Morgan fingerprint density at radius 3 is 2.58 bits per heavy atom. The quantitative estimate of drug-likeness (QED) is 0.577. The van der Waals surface area contributed by atoms with E-state index in [1.54, 1.807) is 0 Å². The summed E-state index contributed by atoms with van der Waals surface area (Å²) in [4.78, 5) is 3.38. The molecule has 3 nitrogen and oxygen atoms in total. The third kappa shape index (κ3) is 1.71. The van der Waals surface area contributed by atoms with Crippen LogP contribution >= 0.6 is 0 Å². The van der Waals surface area contributed by atoms with Crippen molar-refractivity contribution < 1.29 is 0 Å². The van der Waals surface area contributed by atoms with E-state index in [1.807, 2.05) is 6.20 Å². The van der Waals surface area contributed by atoms with Crippen molar-refractivity contribution in [2.24, 2.45) is 28.5 Å². The highest BCUT2D eigenvalue weighted by Gasteiger charge is 2.58. The van der Waals surface area contributed by atoms with Crippen LogP contribution in [0.15, 0.2) is 18.3 Å². The highest BCUT2D eigenvalue weighted by molar-refractivity contribution is 5.18. The molecule has 0 spiro atoms. The Kier molecular flexibility index (Phi) is 2.43. The molecule has 4 aliphatic carbocycles. The minimum atomic E-state index is 0.299. The number of nitrogens with two attached hydrogens (primary N) is 1. The Morgan fingerprint density at radius 2 is 2.05 bits per heavy atom. The number of nitrogens with one attached hydrogen (secondary N) is 2. The number of aromatic amines is 1. The summed E-state index contributed by atoms with van der Waals surface area (Å²) in [5.74, 6) is 7.84. The van der Waals surface area contributed by atoms with Gasteiger partial charge in [0.1, 0.15) is 0 Å². The fourth-order valence-corrected chi connectivity index (χ4v) is 6.26. The van der Waals surface area contributed by atoms with Gasteiger partial charge in [0.2, 0.25) is 0 Å². The molecule has 0 radical (unpaired) electrons. The second-order valence-corrected chi connectivity index (χ2v) is 7.86. The van der Waals surface area contributed by atoms with Gasteiger partial charge in [-0.3, -0.25) is 11.3 Å². The van der Waals surface area contributed by atoms with Crippen LogP contribution in [0.25, 0.3) is 0 Å². The molecule has 3 atom stereocenters. The smallest absolute Gasteiger partial charge is 0.0666 e. The van der Waals surface area contributed by atoms with Gasteiger partial charge in [-0.1, -0.05) is 6.92 Å². The Morgan fingerprint density at radius 1 is 1.32 bits per heavy atom. The number of hydrogen-bond acceptors (Lipinski definition) is 2. The first-order valence-electron chi connectivity index (χ1n) is 7.72. The predicted molar refractivity (Wildman–Crippen MR) is 76.1 cm³/mol. The number of rotatable bonds is 3. The van der Waals surface area contributed by atoms with Crippen molar-refractivity contribution in [3.8, 4) is 0 Å². The van der Waals surface area contributed by atoms with Crippen LogP contribution in [-0.2, 0) is 0 Å². The summed E-state index contributed by atoms with van der Waals surface area (Å²) in [6.07, 6.45) is 10.5. The van der Waals surface area contributed by atoms with Crippen LogP contribution in [0, 0.1) is 22.7 Å². The average molecular weight is 259 g/mol. The fraction of sp³-hybridized carbons (Fsp3) is 0.750. The second kappa shape index (κ2) is 3.86. The first kappa shape index (κ1) is 12.0. The van der Waals surface area contributed by atoms with E-state index in [0.717, 1.165) is 11.8 Å². The monoisotopic (exact) mass is 259 g/mol. The highest BCUT2D eigenvalue weighted by atomic mass is 15.2. The van der Waals surface area contributed by atoms with Crippen LogP contribution < -0.4 is 11.3 Å². The Bertz CT molecular complexity index is 450. The Labute approximate surface area is 115 Å². The summed E-state index contributed by atoms with van der Waals surface area (Å²) in [7, 11) is 0. The predicted octanol–water partition coefficient (Wildman–Crippen LogP) is 3.13. The normalized spacial score (nSPS) is 45.6. The molecule has 4 fully saturated rings. The van der Waals surface area contributed by atoms with E-state index in [0.29, 0.717) is 16.9 Å². The van der Waals surface area contributed by atoms with E-state index in [9.17, 15) is 0 Å². The van der Waals surface area contributed by atoms with Gasteiger partial charge in [0.25, 0.3) is 0 Å². The van der Waals surface area contributed by atoms with Crippen LogP contribution in [0.2, 0.25) is 0 Å². The third-order valence-corrected chi connectivity index (χ3v) is 6.11. The molecule has 0 aliphatic heterocycles. The van der Waals surface area contributed by atoms with E-state index < -0.39 is 0 Å². The maximum absolute atomic E-state index is 5.96. The first-order valence-corrected chi connectivity index (χ1v) is 7.72. The zero-order chi connectivity index (χ0) is 13.1. The van der Waals surface area contributed by atoms with Crippen molar-refractivity contribution in [3.63, 3.8) is 0 Å². The molecule has 0 saturated heterocycles. The van der Waals surface area contributed by atoms with E-state index >= 15 is 0 Å². The Hall–Kier alpha value is -0.800. The molecule has 4 N–H and O–H groups in total. The van der Waals surface area contributed by atoms with E-state index in [1.165, 1.54) is 44.2 Å². The molecule has 5 rings (SSSR count). The maximum atomic E-state index is 5.96. The molecule has 3 heteroatoms. The largest absolute Gasteiger partial charge is 0.364 e. The molecular formula is C16H25N3. The lowest BCUT2D eigenvalue weighted by molar-refractivity contribution is -0.119. The van der Waals surface area contributed by atoms with Gasteiger partial charge in [-0.05, 0) is 73.3 Å². The second-order valence-electron chi connectivity index (χ2n) is 7.86. The Balaban J connectivity index is 1.73. The first-order chi connectivity index (χ1) is 9.12. The van der Waals surface area contributed by atoms with Gasteiger partial charge in [-0.2, -0.15) is 0 Å². The molecule has 19 heavy (non-hydrogen) atoms. The van der Waals surface area contributed by atoms with Crippen molar-refractivity contribution in [1.82, 2.24) is 10.4 Å². The van der Waals surface area contributed by atoms with Crippen LogP contribution in [0.5, 0.6) is 0 Å². The van der Waals surface area contributed by atoms with Crippen molar-refractivity contribution in [2.75, 3.05) is 0 Å². The fourth-order valence-electron chi connectivity index (χ4n) is 6.26. The standard InChI is InChI=1S/C16H25N3/c1-15-6-11-5-12(7-15)9-16(8-11,10-15)14(19-17)13-3-2-4-18-13/h2-4,11-12,14,18-19H,5-10,17H2,1H3.